The van der Waals surface area contributed by atoms with Crippen molar-refractivity contribution in [1.29, 1.82) is 0 Å². The van der Waals surface area contributed by atoms with E-state index in [0.717, 1.165) is 44.5 Å². The third-order valence-corrected chi connectivity index (χ3v) is 4.60. The Balaban J connectivity index is 1.75. The third kappa shape index (κ3) is 2.52. The highest BCUT2D eigenvalue weighted by Crippen LogP contribution is 2.32. The van der Waals surface area contributed by atoms with Gasteiger partial charge in [-0.1, -0.05) is 6.07 Å². The van der Waals surface area contributed by atoms with Gasteiger partial charge in [-0.05, 0) is 30.3 Å². The molecule has 0 aliphatic heterocycles. The summed E-state index contributed by atoms with van der Waals surface area (Å²) in [5.74, 6) is 0.758. The molecule has 0 aliphatic carbocycles. The van der Waals surface area contributed by atoms with Gasteiger partial charge in [0.1, 0.15) is 23.2 Å². The molecule has 0 saturated carbocycles. The largest absolute Gasteiger partial charge is 0.378 e. The molecule has 0 saturated heterocycles. The van der Waals surface area contributed by atoms with Crippen LogP contribution in [0.4, 0.5) is 17.2 Å². The van der Waals surface area contributed by atoms with Crippen molar-refractivity contribution in [2.75, 3.05) is 24.3 Å². The molecule has 7 heteroatoms. The number of anilines is 3. The van der Waals surface area contributed by atoms with E-state index in [1.807, 2.05) is 44.6 Å². The summed E-state index contributed by atoms with van der Waals surface area (Å²) in [6, 6.07) is 12.1. The van der Waals surface area contributed by atoms with E-state index in [4.69, 9.17) is 4.98 Å². The Morgan fingerprint density at radius 3 is 2.74 bits per heavy atom. The summed E-state index contributed by atoms with van der Waals surface area (Å²) in [6.07, 6.45) is 7.04. The van der Waals surface area contributed by atoms with Gasteiger partial charge < -0.3 is 10.2 Å². The summed E-state index contributed by atoms with van der Waals surface area (Å²) < 4.78 is 1.76. The minimum absolute atomic E-state index is 0.758. The number of rotatable bonds is 3. The molecule has 0 radical (unpaired) electrons. The fraction of sp³-hybridized carbons (Fsp3) is 0.100. The summed E-state index contributed by atoms with van der Waals surface area (Å²) >= 11 is 0. The van der Waals surface area contributed by atoms with Gasteiger partial charge in [0.05, 0.1) is 5.52 Å². The monoisotopic (exact) mass is 355 g/mol. The van der Waals surface area contributed by atoms with E-state index in [9.17, 15) is 0 Å². The van der Waals surface area contributed by atoms with E-state index < -0.39 is 0 Å². The first-order valence-corrected chi connectivity index (χ1v) is 8.61. The zero-order chi connectivity index (χ0) is 18.4. The Morgan fingerprint density at radius 1 is 0.963 bits per heavy atom. The molecule has 0 bridgehead atoms. The number of nitrogens with one attached hydrogen (secondary N) is 1. The minimum atomic E-state index is 0.758. The van der Waals surface area contributed by atoms with Crippen LogP contribution in [0.15, 0.2) is 61.3 Å². The van der Waals surface area contributed by atoms with Crippen LogP contribution in [0.2, 0.25) is 0 Å². The molecule has 4 aromatic heterocycles. The average molecular weight is 355 g/mol. The van der Waals surface area contributed by atoms with Crippen LogP contribution < -0.4 is 10.2 Å². The fourth-order valence-electron chi connectivity index (χ4n) is 3.24. The Kier molecular flexibility index (Phi) is 3.39. The van der Waals surface area contributed by atoms with E-state index in [2.05, 4.69) is 37.4 Å². The van der Waals surface area contributed by atoms with Crippen molar-refractivity contribution in [3.63, 3.8) is 0 Å². The molecule has 0 atom stereocenters. The fourth-order valence-corrected chi connectivity index (χ4v) is 3.24. The predicted molar refractivity (Wildman–Crippen MR) is 108 cm³/mol. The van der Waals surface area contributed by atoms with Gasteiger partial charge in [-0.15, -0.1) is 0 Å². The Labute approximate surface area is 155 Å². The lowest BCUT2D eigenvalue weighted by atomic mass is 10.1. The third-order valence-electron chi connectivity index (χ3n) is 4.60. The Morgan fingerprint density at radius 2 is 1.85 bits per heavy atom. The summed E-state index contributed by atoms with van der Waals surface area (Å²) in [4.78, 5) is 15.4. The zero-order valence-electron chi connectivity index (χ0n) is 15.0. The van der Waals surface area contributed by atoms with Crippen molar-refractivity contribution in [3.05, 3.63) is 61.3 Å². The number of hydrogen-bond donors (Lipinski definition) is 1. The summed E-state index contributed by atoms with van der Waals surface area (Å²) in [7, 11) is 4.05. The number of nitrogens with zero attached hydrogens (tertiary/aromatic N) is 6. The van der Waals surface area contributed by atoms with Crippen LogP contribution in [0.5, 0.6) is 0 Å². The van der Waals surface area contributed by atoms with Crippen molar-refractivity contribution in [2.45, 2.75) is 0 Å². The highest BCUT2D eigenvalue weighted by Gasteiger charge is 2.14. The number of hydrogen-bond acceptors (Lipinski definition) is 6. The summed E-state index contributed by atoms with van der Waals surface area (Å²) in [5.41, 5.74) is 4.68. The van der Waals surface area contributed by atoms with Gasteiger partial charge >= 0.3 is 0 Å². The van der Waals surface area contributed by atoms with Crippen LogP contribution in [-0.4, -0.2) is 38.7 Å². The molecular weight excluding hydrogens is 338 g/mol. The molecule has 1 aromatic carbocycles. The van der Waals surface area contributed by atoms with Crippen LogP contribution in [0.25, 0.3) is 27.3 Å². The number of benzene rings is 1. The molecule has 0 fully saturated rings. The molecular formula is C20H17N7. The maximum absolute atomic E-state index is 4.89. The van der Waals surface area contributed by atoms with Crippen molar-refractivity contribution in [3.8, 4) is 0 Å². The molecule has 0 aliphatic rings. The van der Waals surface area contributed by atoms with Crippen molar-refractivity contribution < 1.29 is 0 Å². The maximum atomic E-state index is 4.89. The highest BCUT2D eigenvalue weighted by molar-refractivity contribution is 6.12. The van der Waals surface area contributed by atoms with Crippen LogP contribution >= 0.6 is 0 Å². The molecule has 132 valence electrons. The zero-order valence-corrected chi connectivity index (χ0v) is 15.0. The standard InChI is InChI=1S/C20H17N7/c1-26(2)14-5-3-4-13(10-14)23-20-16-11-21-8-6-15(16)18-19(24-20)17-7-9-22-12-27(17)25-18/h3-12H,1-2H3,(H,23,24). The van der Waals surface area contributed by atoms with Gasteiger partial charge in [0.25, 0.3) is 0 Å². The van der Waals surface area contributed by atoms with Gasteiger partial charge in [0, 0.05) is 54.8 Å². The van der Waals surface area contributed by atoms with E-state index >= 15 is 0 Å². The maximum Gasteiger partial charge on any atom is 0.140 e. The lowest BCUT2D eigenvalue weighted by Crippen LogP contribution is -2.08. The van der Waals surface area contributed by atoms with Gasteiger partial charge in [-0.2, -0.15) is 5.10 Å². The molecule has 0 amide bonds. The minimum Gasteiger partial charge on any atom is -0.378 e. The van der Waals surface area contributed by atoms with E-state index in [1.54, 1.807) is 23.2 Å². The lowest BCUT2D eigenvalue weighted by molar-refractivity contribution is 0.939. The van der Waals surface area contributed by atoms with Gasteiger partial charge in [0.2, 0.25) is 0 Å². The van der Waals surface area contributed by atoms with E-state index in [0.29, 0.717) is 0 Å². The molecule has 5 aromatic rings. The van der Waals surface area contributed by atoms with E-state index in [-0.39, 0.29) is 0 Å². The molecule has 0 spiro atoms. The molecule has 1 N–H and O–H groups in total. The second kappa shape index (κ2) is 5.91. The quantitative estimate of drug-likeness (QED) is 0.533. The summed E-state index contributed by atoms with van der Waals surface area (Å²) in [5, 5.41) is 10.0. The van der Waals surface area contributed by atoms with Crippen LogP contribution in [0.1, 0.15) is 0 Å². The number of pyridine rings is 2. The van der Waals surface area contributed by atoms with Crippen LogP contribution in [0, 0.1) is 0 Å². The number of aromatic nitrogens is 5. The summed E-state index contributed by atoms with van der Waals surface area (Å²) in [6.45, 7) is 0. The predicted octanol–water partition coefficient (Wildman–Crippen LogP) is 3.64. The molecule has 27 heavy (non-hydrogen) atoms. The first kappa shape index (κ1) is 15.5. The first-order valence-electron chi connectivity index (χ1n) is 8.61. The van der Waals surface area contributed by atoms with Crippen molar-refractivity contribution in [1.82, 2.24) is 24.6 Å². The van der Waals surface area contributed by atoms with Gasteiger partial charge in [-0.3, -0.25) is 4.98 Å². The highest BCUT2D eigenvalue weighted by atomic mass is 15.2. The molecule has 0 unspecified atom stereocenters. The van der Waals surface area contributed by atoms with Crippen LogP contribution in [0.3, 0.4) is 0 Å². The lowest BCUT2D eigenvalue weighted by Gasteiger charge is -2.15. The SMILES string of the molecule is CN(C)c1cccc(Nc2nc3c(nn4cnccc34)c3ccncc23)c1. The van der Waals surface area contributed by atoms with Gasteiger partial charge in [-0.25, -0.2) is 14.5 Å². The average Bonchev–Trinajstić information content (AvgIpc) is 3.07. The van der Waals surface area contributed by atoms with Crippen LogP contribution in [-0.2, 0) is 0 Å². The molecule has 4 heterocycles. The Bertz CT molecular complexity index is 1290. The normalized spacial score (nSPS) is 11.3. The second-order valence-electron chi connectivity index (χ2n) is 6.56. The Hall–Kier alpha value is -3.74. The molecule has 5 rings (SSSR count). The molecule has 7 nitrogen and oxygen atoms in total. The van der Waals surface area contributed by atoms with Crippen molar-refractivity contribution in [2.24, 2.45) is 0 Å². The van der Waals surface area contributed by atoms with Gasteiger partial charge in [0.15, 0.2) is 0 Å². The second-order valence-corrected chi connectivity index (χ2v) is 6.56. The van der Waals surface area contributed by atoms with E-state index in [1.165, 1.54) is 0 Å². The van der Waals surface area contributed by atoms with Crippen molar-refractivity contribution >= 4 is 44.5 Å². The smallest absolute Gasteiger partial charge is 0.140 e. The topological polar surface area (TPSA) is 71.2 Å². The number of fused-ring (bicyclic) bond motifs is 5. The first-order chi connectivity index (χ1) is 13.2.